The van der Waals surface area contributed by atoms with Gasteiger partial charge in [-0.25, -0.2) is 4.79 Å². The van der Waals surface area contributed by atoms with Gasteiger partial charge in [0.25, 0.3) is 0 Å². The first-order chi connectivity index (χ1) is 9.97. The Hall–Kier alpha value is -2.59. The zero-order chi connectivity index (χ0) is 15.4. The van der Waals surface area contributed by atoms with Gasteiger partial charge in [-0.2, -0.15) is 0 Å². The van der Waals surface area contributed by atoms with Crippen molar-refractivity contribution in [2.45, 2.75) is 0 Å². The molecule has 0 spiro atoms. The number of carbonyl (C=O) groups excluding carboxylic acids is 1. The van der Waals surface area contributed by atoms with Crippen molar-refractivity contribution >= 4 is 29.4 Å². The third-order valence-corrected chi connectivity index (χ3v) is 3.06. The summed E-state index contributed by atoms with van der Waals surface area (Å²) in [4.78, 5) is 22.8. The lowest BCUT2D eigenvalue weighted by atomic mass is 10.1. The first-order valence-corrected chi connectivity index (χ1v) is 6.39. The minimum Gasteiger partial charge on any atom is -0.508 e. The first kappa shape index (κ1) is 14.8. The molecule has 0 fully saturated rings. The molecule has 0 aromatic heterocycles. The Morgan fingerprint density at radius 1 is 1.00 bits per heavy atom. The number of halogens is 1. The van der Waals surface area contributed by atoms with Crippen LogP contribution in [0.5, 0.6) is 5.75 Å². The number of carboxylic acid groups (broad SMARTS) is 1. The molecule has 5 heteroatoms. The van der Waals surface area contributed by atoms with Gasteiger partial charge in [0, 0.05) is 5.56 Å². The number of hydrogen-bond acceptors (Lipinski definition) is 3. The van der Waals surface area contributed by atoms with Crippen LogP contribution in [-0.4, -0.2) is 22.0 Å². The van der Waals surface area contributed by atoms with E-state index in [9.17, 15) is 14.7 Å². The molecule has 0 aliphatic carbocycles. The van der Waals surface area contributed by atoms with Crippen LogP contribution in [0.2, 0.25) is 0 Å². The molecule has 0 radical (unpaired) electrons. The Bertz CT molecular complexity index is 717. The van der Waals surface area contributed by atoms with Gasteiger partial charge in [-0.05, 0) is 35.9 Å². The summed E-state index contributed by atoms with van der Waals surface area (Å²) in [7, 11) is 0. The van der Waals surface area contributed by atoms with Gasteiger partial charge in [-0.3, -0.25) is 4.79 Å². The molecule has 0 aliphatic rings. The molecule has 0 bridgehead atoms. The molecule has 0 aliphatic heterocycles. The molecule has 21 heavy (non-hydrogen) atoms. The average molecular weight is 303 g/mol. The van der Waals surface area contributed by atoms with E-state index in [0.29, 0.717) is 11.1 Å². The van der Waals surface area contributed by atoms with E-state index in [-0.39, 0.29) is 16.3 Å². The number of Topliss-reactive ketones (excluding diaryl/α,β-unsaturated/α-hetero) is 1. The van der Waals surface area contributed by atoms with E-state index in [1.807, 2.05) is 0 Å². The fraction of sp³-hybridized carbons (Fsp3) is 0. The quantitative estimate of drug-likeness (QED) is 0.669. The van der Waals surface area contributed by atoms with Crippen LogP contribution >= 0.6 is 11.6 Å². The van der Waals surface area contributed by atoms with Gasteiger partial charge < -0.3 is 10.2 Å². The number of phenolic OH excluding ortho intramolecular Hbond substituents is 1. The van der Waals surface area contributed by atoms with Crippen molar-refractivity contribution in [3.8, 4) is 5.75 Å². The molecule has 0 saturated heterocycles. The lowest BCUT2D eigenvalue weighted by Crippen LogP contribution is -2.01. The average Bonchev–Trinajstić information content (AvgIpc) is 2.46. The highest BCUT2D eigenvalue weighted by Gasteiger charge is 2.11. The maximum Gasteiger partial charge on any atom is 0.335 e. The van der Waals surface area contributed by atoms with E-state index < -0.39 is 11.8 Å². The second-order valence-corrected chi connectivity index (χ2v) is 4.71. The van der Waals surface area contributed by atoms with Gasteiger partial charge in [0.15, 0.2) is 0 Å². The van der Waals surface area contributed by atoms with Gasteiger partial charge in [0.2, 0.25) is 5.78 Å². The minimum atomic E-state index is -1.06. The number of hydrogen-bond donors (Lipinski definition) is 2. The molecule has 2 N–H and O–H groups in total. The predicted octanol–water partition coefficient (Wildman–Crippen LogP) is 3.55. The second-order valence-electron chi connectivity index (χ2n) is 4.30. The van der Waals surface area contributed by atoms with Crippen LogP contribution in [0.3, 0.4) is 0 Å². The largest absolute Gasteiger partial charge is 0.508 e. The zero-order valence-electron chi connectivity index (χ0n) is 10.8. The van der Waals surface area contributed by atoms with E-state index in [0.717, 1.165) is 0 Å². The van der Waals surface area contributed by atoms with E-state index in [1.165, 1.54) is 42.5 Å². The molecule has 0 atom stereocenters. The smallest absolute Gasteiger partial charge is 0.335 e. The van der Waals surface area contributed by atoms with E-state index >= 15 is 0 Å². The third kappa shape index (κ3) is 3.70. The van der Waals surface area contributed by atoms with Crippen molar-refractivity contribution in [2.24, 2.45) is 0 Å². The summed E-state index contributed by atoms with van der Waals surface area (Å²) in [5, 5.41) is 18.1. The van der Waals surface area contributed by atoms with Crippen molar-refractivity contribution in [2.75, 3.05) is 0 Å². The Balaban J connectivity index is 2.24. The van der Waals surface area contributed by atoms with Gasteiger partial charge in [-0.1, -0.05) is 35.9 Å². The van der Waals surface area contributed by atoms with Crippen LogP contribution in [-0.2, 0) is 0 Å². The topological polar surface area (TPSA) is 74.6 Å². The summed E-state index contributed by atoms with van der Waals surface area (Å²) in [5.74, 6) is -1.40. The Labute approximate surface area is 125 Å². The number of rotatable bonds is 4. The highest BCUT2D eigenvalue weighted by Crippen LogP contribution is 2.19. The number of carbonyl (C=O) groups is 2. The summed E-state index contributed by atoms with van der Waals surface area (Å²) in [6.07, 6.45) is 1.44. The normalized spacial score (nSPS) is 11.2. The molecule has 0 heterocycles. The molecular formula is C16H11ClO4. The van der Waals surface area contributed by atoms with Gasteiger partial charge >= 0.3 is 5.97 Å². The molecule has 106 valence electrons. The van der Waals surface area contributed by atoms with E-state index in [2.05, 4.69) is 0 Å². The molecule has 0 amide bonds. The predicted molar refractivity (Wildman–Crippen MR) is 79.7 cm³/mol. The molecule has 0 unspecified atom stereocenters. The number of carboxylic acids is 1. The molecule has 4 nitrogen and oxygen atoms in total. The van der Waals surface area contributed by atoms with Crippen LogP contribution in [0.25, 0.3) is 6.08 Å². The zero-order valence-corrected chi connectivity index (χ0v) is 11.5. The maximum atomic E-state index is 12.1. The molecule has 0 saturated carbocycles. The minimum absolute atomic E-state index is 0.0244. The Morgan fingerprint density at radius 3 is 2.19 bits per heavy atom. The summed E-state index contributed by atoms with van der Waals surface area (Å²) >= 11 is 5.97. The molecule has 2 aromatic carbocycles. The van der Waals surface area contributed by atoms with Crippen LogP contribution in [0.1, 0.15) is 26.3 Å². The number of aromatic hydroxyl groups is 1. The standard InChI is InChI=1S/C16H11ClO4/c17-14(9-10-2-1-3-13(18)8-10)15(19)11-4-6-12(7-5-11)16(20)21/h1-9,18H,(H,20,21). The number of phenols is 1. The van der Waals surface area contributed by atoms with Crippen LogP contribution < -0.4 is 0 Å². The third-order valence-electron chi connectivity index (χ3n) is 2.77. The number of aromatic carboxylic acids is 1. The highest BCUT2D eigenvalue weighted by atomic mass is 35.5. The molecular weight excluding hydrogens is 292 g/mol. The lowest BCUT2D eigenvalue weighted by Gasteiger charge is -2.01. The van der Waals surface area contributed by atoms with Crippen LogP contribution in [0, 0.1) is 0 Å². The summed E-state index contributed by atoms with van der Waals surface area (Å²) in [5.41, 5.74) is 0.983. The summed E-state index contributed by atoms with van der Waals surface area (Å²) in [6, 6.07) is 11.8. The monoisotopic (exact) mass is 302 g/mol. The fourth-order valence-corrected chi connectivity index (χ4v) is 1.96. The second kappa shape index (κ2) is 6.24. The van der Waals surface area contributed by atoms with Gasteiger partial charge in [-0.15, -0.1) is 0 Å². The SMILES string of the molecule is O=C(O)c1ccc(C(=O)C(Cl)=Cc2cccc(O)c2)cc1. The highest BCUT2D eigenvalue weighted by molar-refractivity contribution is 6.47. The van der Waals surface area contributed by atoms with Crippen LogP contribution in [0.4, 0.5) is 0 Å². The van der Waals surface area contributed by atoms with Crippen LogP contribution in [0.15, 0.2) is 53.6 Å². The van der Waals surface area contributed by atoms with Crippen molar-refractivity contribution < 1.29 is 19.8 Å². The number of benzene rings is 2. The Morgan fingerprint density at radius 2 is 1.62 bits per heavy atom. The van der Waals surface area contributed by atoms with Gasteiger partial charge in [0.05, 0.1) is 10.6 Å². The number of ketones is 1. The molecule has 2 aromatic rings. The van der Waals surface area contributed by atoms with Crippen molar-refractivity contribution in [1.29, 1.82) is 0 Å². The number of allylic oxidation sites excluding steroid dienone is 1. The Kier molecular flexibility index (Phi) is 4.40. The van der Waals surface area contributed by atoms with Gasteiger partial charge in [0.1, 0.15) is 5.75 Å². The molecule has 2 rings (SSSR count). The van der Waals surface area contributed by atoms with E-state index in [1.54, 1.807) is 12.1 Å². The van der Waals surface area contributed by atoms with E-state index in [4.69, 9.17) is 16.7 Å². The lowest BCUT2D eigenvalue weighted by molar-refractivity contribution is 0.0696. The summed E-state index contributed by atoms with van der Waals surface area (Å²) in [6.45, 7) is 0. The van der Waals surface area contributed by atoms with Crippen molar-refractivity contribution in [3.05, 3.63) is 70.3 Å². The maximum absolute atomic E-state index is 12.1. The van der Waals surface area contributed by atoms with Crippen molar-refractivity contribution in [1.82, 2.24) is 0 Å². The van der Waals surface area contributed by atoms with Crippen molar-refractivity contribution in [3.63, 3.8) is 0 Å². The first-order valence-electron chi connectivity index (χ1n) is 6.01. The fourth-order valence-electron chi connectivity index (χ4n) is 1.73. The summed E-state index contributed by atoms with van der Waals surface area (Å²) < 4.78 is 0.